The number of thiophene rings is 1. The molecule has 0 atom stereocenters. The summed E-state index contributed by atoms with van der Waals surface area (Å²) in [5.41, 5.74) is 9.85. The van der Waals surface area contributed by atoms with Crippen LogP contribution < -0.4 is 0 Å². The Kier molecular flexibility index (Phi) is 7.57. The van der Waals surface area contributed by atoms with Crippen molar-refractivity contribution >= 4 is 53.4 Å². The largest absolute Gasteiger partial charge is 0.309 e. The van der Waals surface area contributed by atoms with E-state index in [1.54, 1.807) is 11.3 Å². The number of para-hydroxylation sites is 2. The van der Waals surface area contributed by atoms with E-state index in [9.17, 15) is 0 Å². The van der Waals surface area contributed by atoms with Gasteiger partial charge in [-0.2, -0.15) is 0 Å². The first kappa shape index (κ1) is 32.1. The lowest BCUT2D eigenvalue weighted by molar-refractivity contribution is 1.07. The lowest BCUT2D eigenvalue weighted by Gasteiger charge is -2.11. The highest BCUT2D eigenvalue weighted by Crippen LogP contribution is 2.43. The summed E-state index contributed by atoms with van der Waals surface area (Å²) < 4.78 is 4.54. The summed E-state index contributed by atoms with van der Waals surface area (Å²) >= 11 is 1.73. The van der Waals surface area contributed by atoms with Gasteiger partial charge in [0.05, 0.1) is 26.9 Å². The maximum absolute atomic E-state index is 5.48. The molecule has 11 aromatic rings. The molecule has 0 unspecified atom stereocenters. The van der Waals surface area contributed by atoms with Crippen LogP contribution in [0.15, 0.2) is 182 Å². The number of benzene rings is 7. The lowest BCUT2D eigenvalue weighted by Crippen LogP contribution is -2.00. The Balaban J connectivity index is 1.14. The van der Waals surface area contributed by atoms with Crippen molar-refractivity contribution in [3.8, 4) is 62.5 Å². The van der Waals surface area contributed by atoms with Crippen molar-refractivity contribution in [2.45, 2.75) is 0 Å². The summed E-state index contributed by atoms with van der Waals surface area (Å²) in [6, 6.07) is 62.6. The predicted octanol–water partition coefficient (Wildman–Crippen LogP) is 12.5. The molecule has 0 saturated carbocycles. The van der Waals surface area contributed by atoms with Crippen LogP contribution in [0.5, 0.6) is 0 Å². The zero-order valence-electron chi connectivity index (χ0n) is 29.9. The third-order valence-electron chi connectivity index (χ3n) is 10.3. The van der Waals surface area contributed by atoms with E-state index < -0.39 is 0 Å². The van der Waals surface area contributed by atoms with Gasteiger partial charge >= 0.3 is 0 Å². The molecule has 0 aliphatic heterocycles. The summed E-state index contributed by atoms with van der Waals surface area (Å²) in [5, 5.41) is 3.39. The average molecular weight is 735 g/mol. The second kappa shape index (κ2) is 13.2. The van der Waals surface area contributed by atoms with Crippen LogP contribution in [0, 0.1) is 0 Å². The quantitative estimate of drug-likeness (QED) is 0.170. The smallest absolute Gasteiger partial charge is 0.164 e. The second-order valence-corrected chi connectivity index (χ2v) is 14.7. The molecule has 0 radical (unpaired) electrons. The minimum absolute atomic E-state index is 0.597. The molecule has 56 heavy (non-hydrogen) atoms. The molecular formula is C49H30N6S. The van der Waals surface area contributed by atoms with Crippen molar-refractivity contribution in [3.05, 3.63) is 182 Å². The van der Waals surface area contributed by atoms with Gasteiger partial charge in [-0.05, 0) is 36.4 Å². The average Bonchev–Trinajstić information content (AvgIpc) is 3.83. The zero-order valence-corrected chi connectivity index (χ0v) is 30.7. The topological polar surface area (TPSA) is 69.4 Å². The number of hydrogen-bond donors (Lipinski definition) is 0. The maximum atomic E-state index is 5.48. The van der Waals surface area contributed by atoms with E-state index in [0.717, 1.165) is 76.6 Å². The van der Waals surface area contributed by atoms with Crippen LogP contribution in [0.2, 0.25) is 0 Å². The first-order valence-corrected chi connectivity index (χ1v) is 19.3. The predicted molar refractivity (Wildman–Crippen MR) is 230 cm³/mol. The number of fused-ring (bicyclic) bond motifs is 6. The Morgan fingerprint density at radius 3 is 1.68 bits per heavy atom. The van der Waals surface area contributed by atoms with E-state index in [1.165, 1.54) is 4.70 Å². The second-order valence-electron chi connectivity index (χ2n) is 13.7. The van der Waals surface area contributed by atoms with E-state index in [4.69, 9.17) is 24.9 Å². The maximum Gasteiger partial charge on any atom is 0.164 e. The van der Waals surface area contributed by atoms with Crippen molar-refractivity contribution in [3.63, 3.8) is 0 Å². The Morgan fingerprint density at radius 1 is 0.393 bits per heavy atom. The first-order valence-electron chi connectivity index (χ1n) is 18.5. The molecule has 0 N–H and O–H groups in total. The van der Waals surface area contributed by atoms with Gasteiger partial charge in [-0.1, -0.05) is 146 Å². The van der Waals surface area contributed by atoms with Gasteiger partial charge in [0, 0.05) is 54.4 Å². The van der Waals surface area contributed by atoms with Gasteiger partial charge in [0.25, 0.3) is 0 Å². The minimum atomic E-state index is 0.597. The van der Waals surface area contributed by atoms with E-state index in [1.807, 2.05) is 60.7 Å². The highest BCUT2D eigenvalue weighted by molar-refractivity contribution is 7.26. The molecule has 11 rings (SSSR count). The summed E-state index contributed by atoms with van der Waals surface area (Å²) in [7, 11) is 0. The fraction of sp³-hybridized carbons (Fsp3) is 0. The number of aromatic nitrogens is 6. The highest BCUT2D eigenvalue weighted by atomic mass is 32.1. The number of hydrogen-bond acceptors (Lipinski definition) is 6. The fourth-order valence-corrected chi connectivity index (χ4v) is 8.86. The van der Waals surface area contributed by atoms with Crippen LogP contribution in [0.1, 0.15) is 0 Å². The monoisotopic (exact) mass is 734 g/mol. The van der Waals surface area contributed by atoms with E-state index in [2.05, 4.69) is 126 Å². The summed E-state index contributed by atoms with van der Waals surface area (Å²) in [5.74, 6) is 2.53. The van der Waals surface area contributed by atoms with Crippen molar-refractivity contribution < 1.29 is 0 Å². The van der Waals surface area contributed by atoms with Gasteiger partial charge in [0.2, 0.25) is 0 Å². The molecule has 0 saturated heterocycles. The Labute approximate surface area is 326 Å². The third-order valence-corrected chi connectivity index (χ3v) is 11.4. The van der Waals surface area contributed by atoms with Gasteiger partial charge in [0.15, 0.2) is 23.3 Å². The van der Waals surface area contributed by atoms with Gasteiger partial charge < -0.3 is 4.57 Å². The zero-order chi connectivity index (χ0) is 37.0. The highest BCUT2D eigenvalue weighted by Gasteiger charge is 2.22. The third kappa shape index (κ3) is 5.36. The summed E-state index contributed by atoms with van der Waals surface area (Å²) in [6.07, 6.45) is 0. The van der Waals surface area contributed by atoms with E-state index in [0.29, 0.717) is 23.3 Å². The van der Waals surface area contributed by atoms with E-state index in [-0.39, 0.29) is 0 Å². The van der Waals surface area contributed by atoms with Crippen LogP contribution in [-0.4, -0.2) is 29.5 Å². The van der Waals surface area contributed by atoms with Crippen molar-refractivity contribution in [2.75, 3.05) is 0 Å². The standard InChI is InChI=1S/C49H30N6S/c1-4-16-31(17-5-1)46-52-47(32-18-6-2-7-19-32)54-48(53-46)34-21-14-20-33(30-34)43-45-44(37-25-11-13-29-41(37)56-45)51-49(50-43)38-26-15-28-40-42(38)36-24-10-12-27-39(36)55(40)35-22-8-3-9-23-35/h1-30H. The molecule has 0 amide bonds. The molecule has 0 spiro atoms. The normalized spacial score (nSPS) is 11.6. The Hall–Kier alpha value is -7.35. The van der Waals surface area contributed by atoms with Crippen LogP contribution in [0.25, 0.3) is 105 Å². The molecule has 6 nitrogen and oxygen atoms in total. The number of rotatable bonds is 6. The summed E-state index contributed by atoms with van der Waals surface area (Å²) in [4.78, 5) is 25.8. The molecule has 0 fully saturated rings. The van der Waals surface area contributed by atoms with Gasteiger partial charge in [-0.25, -0.2) is 24.9 Å². The molecule has 0 aliphatic rings. The summed E-state index contributed by atoms with van der Waals surface area (Å²) in [6.45, 7) is 0. The SMILES string of the molecule is c1ccc(-c2nc(-c3ccccc3)nc(-c3cccc(-c4nc(-c5cccc6c5c5ccccc5n6-c5ccccc5)nc5c4sc4ccccc45)c3)n2)cc1. The van der Waals surface area contributed by atoms with Gasteiger partial charge in [-0.3, -0.25) is 0 Å². The van der Waals surface area contributed by atoms with Crippen molar-refractivity contribution in [1.29, 1.82) is 0 Å². The molecule has 0 bridgehead atoms. The van der Waals surface area contributed by atoms with E-state index >= 15 is 0 Å². The van der Waals surface area contributed by atoms with Gasteiger partial charge in [-0.15, -0.1) is 11.3 Å². The van der Waals surface area contributed by atoms with Crippen LogP contribution in [0.3, 0.4) is 0 Å². The number of nitrogens with zero attached hydrogens (tertiary/aromatic N) is 6. The van der Waals surface area contributed by atoms with Crippen LogP contribution >= 0.6 is 11.3 Å². The molecule has 4 aromatic heterocycles. The first-order chi connectivity index (χ1) is 27.8. The molecule has 4 heterocycles. The van der Waals surface area contributed by atoms with Crippen molar-refractivity contribution in [2.24, 2.45) is 0 Å². The van der Waals surface area contributed by atoms with Crippen molar-refractivity contribution in [1.82, 2.24) is 29.5 Å². The molecule has 262 valence electrons. The molecule has 0 aliphatic carbocycles. The molecular weight excluding hydrogens is 705 g/mol. The van der Waals surface area contributed by atoms with Crippen LogP contribution in [-0.2, 0) is 0 Å². The van der Waals surface area contributed by atoms with Crippen LogP contribution in [0.4, 0.5) is 0 Å². The Bertz CT molecular complexity index is 3190. The lowest BCUT2D eigenvalue weighted by atomic mass is 10.0. The fourth-order valence-electron chi connectivity index (χ4n) is 7.71. The van der Waals surface area contributed by atoms with Gasteiger partial charge in [0.1, 0.15) is 0 Å². The minimum Gasteiger partial charge on any atom is -0.309 e. The molecule has 7 heteroatoms. The Morgan fingerprint density at radius 2 is 0.946 bits per heavy atom. The molecule has 7 aromatic carbocycles.